The second-order valence-electron chi connectivity index (χ2n) is 5.33. The number of hydrogen-bond donors (Lipinski definition) is 1. The van der Waals surface area contributed by atoms with Gasteiger partial charge < -0.3 is 5.11 Å². The summed E-state index contributed by atoms with van der Waals surface area (Å²) in [6.07, 6.45) is 15.6. The van der Waals surface area contributed by atoms with Gasteiger partial charge in [-0.2, -0.15) is 0 Å². The zero-order chi connectivity index (χ0) is 14.8. The lowest BCUT2D eigenvalue weighted by Crippen LogP contribution is -1.93. The monoisotopic (exact) mass is 272 g/mol. The molecule has 0 spiro atoms. The Morgan fingerprint density at radius 1 is 0.632 bits per heavy atom. The molecule has 0 heterocycles. The number of carboxylic acid groups (broad SMARTS) is 1. The molecular weight excluding hydrogens is 236 g/mol. The summed E-state index contributed by atoms with van der Waals surface area (Å²) in [6, 6.07) is 0. The Bertz CT molecular complexity index is 165. The van der Waals surface area contributed by atoms with Crippen LogP contribution in [0.2, 0.25) is 0 Å². The van der Waals surface area contributed by atoms with Crippen molar-refractivity contribution in [2.75, 3.05) is 0 Å². The van der Waals surface area contributed by atoms with Crippen LogP contribution in [0, 0.1) is 0 Å². The van der Waals surface area contributed by atoms with E-state index in [1.165, 1.54) is 64.2 Å². The Hall–Kier alpha value is -0.530. The van der Waals surface area contributed by atoms with Gasteiger partial charge >= 0.3 is 5.97 Å². The van der Waals surface area contributed by atoms with E-state index in [9.17, 15) is 4.79 Å². The van der Waals surface area contributed by atoms with Gasteiger partial charge in [-0.1, -0.05) is 91.4 Å². The van der Waals surface area contributed by atoms with Crippen molar-refractivity contribution < 1.29 is 9.90 Å². The van der Waals surface area contributed by atoms with Crippen LogP contribution in [0.25, 0.3) is 0 Å². The first-order valence-electron chi connectivity index (χ1n) is 8.40. The molecule has 0 aliphatic rings. The van der Waals surface area contributed by atoms with E-state index < -0.39 is 5.97 Å². The van der Waals surface area contributed by atoms with E-state index in [-0.39, 0.29) is 0 Å². The number of carboxylic acids is 1. The zero-order valence-corrected chi connectivity index (χ0v) is 13.5. The second kappa shape index (κ2) is 19.8. The molecule has 0 aromatic heterocycles. The highest BCUT2D eigenvalue weighted by molar-refractivity contribution is 5.66. The molecule has 0 amide bonds. The van der Waals surface area contributed by atoms with Gasteiger partial charge in [0.2, 0.25) is 0 Å². The summed E-state index contributed by atoms with van der Waals surface area (Å²) in [4.78, 5) is 10.2. The van der Waals surface area contributed by atoms with Gasteiger partial charge in [0, 0.05) is 6.42 Å². The highest BCUT2D eigenvalue weighted by Gasteiger charge is 1.96. The van der Waals surface area contributed by atoms with E-state index in [0.717, 1.165) is 12.8 Å². The molecule has 2 heteroatoms. The Kier molecular flexibility index (Phi) is 21.7. The fourth-order valence-corrected chi connectivity index (χ4v) is 1.94. The lowest BCUT2D eigenvalue weighted by atomic mass is 10.1. The minimum absolute atomic E-state index is 0.343. The summed E-state index contributed by atoms with van der Waals surface area (Å²) in [5.74, 6) is -0.659. The van der Waals surface area contributed by atoms with Crippen LogP contribution in [0.3, 0.4) is 0 Å². The first-order chi connectivity index (χ1) is 9.18. The Labute approximate surface area is 121 Å². The van der Waals surface area contributed by atoms with Crippen molar-refractivity contribution in [1.29, 1.82) is 0 Å². The lowest BCUT2D eigenvalue weighted by Gasteiger charge is -2.00. The van der Waals surface area contributed by atoms with E-state index in [4.69, 9.17) is 5.11 Å². The van der Waals surface area contributed by atoms with Crippen LogP contribution in [0.1, 0.15) is 104 Å². The minimum Gasteiger partial charge on any atom is -0.481 e. The molecule has 0 unspecified atom stereocenters. The van der Waals surface area contributed by atoms with Gasteiger partial charge in [-0.05, 0) is 6.42 Å². The van der Waals surface area contributed by atoms with E-state index in [1.54, 1.807) is 0 Å². The Morgan fingerprint density at radius 2 is 1.00 bits per heavy atom. The van der Waals surface area contributed by atoms with Gasteiger partial charge in [0.05, 0.1) is 0 Å². The minimum atomic E-state index is -0.659. The average molecular weight is 272 g/mol. The maximum Gasteiger partial charge on any atom is 0.303 e. The fourth-order valence-electron chi connectivity index (χ4n) is 1.94. The van der Waals surface area contributed by atoms with E-state index >= 15 is 0 Å². The third-order valence-electron chi connectivity index (χ3n) is 3.20. The summed E-state index contributed by atoms with van der Waals surface area (Å²) in [5.41, 5.74) is 0. The first-order valence-corrected chi connectivity index (χ1v) is 8.40. The van der Waals surface area contributed by atoms with Crippen molar-refractivity contribution in [3.63, 3.8) is 0 Å². The molecule has 0 aromatic carbocycles. The van der Waals surface area contributed by atoms with Crippen molar-refractivity contribution in [3.8, 4) is 0 Å². The highest BCUT2D eigenvalue weighted by atomic mass is 16.4. The summed E-state index contributed by atoms with van der Waals surface area (Å²) in [5, 5.41) is 8.41. The third kappa shape index (κ3) is 26.9. The lowest BCUT2D eigenvalue weighted by molar-refractivity contribution is -0.137. The van der Waals surface area contributed by atoms with Gasteiger partial charge in [-0.3, -0.25) is 4.79 Å². The largest absolute Gasteiger partial charge is 0.481 e. The molecule has 0 saturated carbocycles. The van der Waals surface area contributed by atoms with Gasteiger partial charge in [-0.25, -0.2) is 0 Å². The van der Waals surface area contributed by atoms with Gasteiger partial charge in [0.1, 0.15) is 0 Å². The molecule has 0 aliphatic heterocycles. The van der Waals surface area contributed by atoms with E-state index in [2.05, 4.69) is 20.8 Å². The maximum atomic E-state index is 10.2. The highest BCUT2D eigenvalue weighted by Crippen LogP contribution is 2.10. The molecule has 0 radical (unpaired) electrons. The van der Waals surface area contributed by atoms with Gasteiger partial charge in [0.15, 0.2) is 0 Å². The molecule has 0 aromatic rings. The topological polar surface area (TPSA) is 37.3 Å². The molecule has 116 valence electrons. The predicted octanol–water partition coefficient (Wildman–Crippen LogP) is 6.19. The van der Waals surface area contributed by atoms with Crippen molar-refractivity contribution in [2.45, 2.75) is 104 Å². The van der Waals surface area contributed by atoms with Crippen LogP contribution in [0.4, 0.5) is 0 Å². The van der Waals surface area contributed by atoms with Crippen molar-refractivity contribution >= 4 is 5.97 Å². The van der Waals surface area contributed by atoms with Crippen LogP contribution in [-0.4, -0.2) is 11.1 Å². The predicted molar refractivity (Wildman–Crippen MR) is 84.7 cm³/mol. The van der Waals surface area contributed by atoms with Gasteiger partial charge in [-0.15, -0.1) is 0 Å². The molecule has 0 atom stereocenters. The van der Waals surface area contributed by atoms with Crippen LogP contribution in [0.5, 0.6) is 0 Å². The van der Waals surface area contributed by atoms with Crippen molar-refractivity contribution in [3.05, 3.63) is 0 Å². The molecule has 0 aliphatic carbocycles. The van der Waals surface area contributed by atoms with Crippen LogP contribution < -0.4 is 0 Å². The standard InChI is InChI=1S/C12H24O2.C5H12/c1-2-3-4-5-6-7-8-9-10-11-12(13)14;1-3-5-4-2/h2-11H2,1H3,(H,13,14);3-5H2,1-2H3. The van der Waals surface area contributed by atoms with Crippen LogP contribution in [0.15, 0.2) is 0 Å². The smallest absolute Gasteiger partial charge is 0.303 e. The molecule has 0 fully saturated rings. The number of aliphatic carboxylic acids is 1. The molecule has 0 rings (SSSR count). The Balaban J connectivity index is 0. The third-order valence-corrected chi connectivity index (χ3v) is 3.20. The fraction of sp³-hybridized carbons (Fsp3) is 0.941. The zero-order valence-electron chi connectivity index (χ0n) is 13.5. The van der Waals surface area contributed by atoms with Crippen LogP contribution >= 0.6 is 0 Å². The van der Waals surface area contributed by atoms with E-state index in [0.29, 0.717) is 6.42 Å². The van der Waals surface area contributed by atoms with E-state index in [1.807, 2.05) is 0 Å². The van der Waals surface area contributed by atoms with Crippen molar-refractivity contribution in [2.24, 2.45) is 0 Å². The molecule has 2 nitrogen and oxygen atoms in total. The quantitative estimate of drug-likeness (QED) is 0.430. The SMILES string of the molecule is CCCCC.CCCCCCCCCCCC(=O)O. The maximum absolute atomic E-state index is 10.2. The summed E-state index contributed by atoms with van der Waals surface area (Å²) < 4.78 is 0. The molecule has 0 bridgehead atoms. The average Bonchev–Trinajstić information content (AvgIpc) is 2.38. The molecule has 0 saturated heterocycles. The summed E-state index contributed by atoms with van der Waals surface area (Å²) in [6.45, 7) is 6.65. The number of hydrogen-bond acceptors (Lipinski definition) is 1. The normalized spacial score (nSPS) is 9.84. The summed E-state index contributed by atoms with van der Waals surface area (Å²) >= 11 is 0. The van der Waals surface area contributed by atoms with Gasteiger partial charge in [0.25, 0.3) is 0 Å². The molecular formula is C17H36O2. The Morgan fingerprint density at radius 3 is 1.32 bits per heavy atom. The molecule has 19 heavy (non-hydrogen) atoms. The second-order valence-corrected chi connectivity index (χ2v) is 5.33. The number of carbonyl (C=O) groups is 1. The summed E-state index contributed by atoms with van der Waals surface area (Å²) in [7, 11) is 0. The van der Waals surface area contributed by atoms with Crippen molar-refractivity contribution in [1.82, 2.24) is 0 Å². The molecule has 1 N–H and O–H groups in total. The number of rotatable bonds is 12. The first kappa shape index (κ1) is 20.8. The van der Waals surface area contributed by atoms with Crippen LogP contribution in [-0.2, 0) is 4.79 Å². The number of unbranched alkanes of at least 4 members (excludes halogenated alkanes) is 10.